The summed E-state index contributed by atoms with van der Waals surface area (Å²) in [5, 5.41) is 0. The Morgan fingerprint density at radius 1 is 0.750 bits per heavy atom. The summed E-state index contributed by atoms with van der Waals surface area (Å²) in [7, 11) is 0. The Morgan fingerprint density at radius 3 is 1.64 bits per heavy atom. The molecule has 2 fully saturated rings. The molecule has 36 heavy (non-hydrogen) atoms. The summed E-state index contributed by atoms with van der Waals surface area (Å²) in [5.41, 5.74) is 0.105. The van der Waals surface area contributed by atoms with Crippen molar-refractivity contribution in [3.8, 4) is 0 Å². The number of amides is 3. The lowest BCUT2D eigenvalue weighted by Gasteiger charge is -2.37. The van der Waals surface area contributed by atoms with Crippen LogP contribution in [0.2, 0.25) is 0 Å². The second kappa shape index (κ2) is 11.2. The first-order chi connectivity index (χ1) is 16.7. The summed E-state index contributed by atoms with van der Waals surface area (Å²) in [4.78, 5) is 44.4. The van der Waals surface area contributed by atoms with Crippen LogP contribution in [0, 0.1) is 5.92 Å². The molecule has 1 aromatic rings. The molecule has 0 bridgehead atoms. The van der Waals surface area contributed by atoms with Crippen molar-refractivity contribution in [2.45, 2.75) is 78.6 Å². The third-order valence-electron chi connectivity index (χ3n) is 6.64. The van der Waals surface area contributed by atoms with Crippen LogP contribution in [0.3, 0.4) is 0 Å². The van der Waals surface area contributed by atoms with Gasteiger partial charge in [-0.25, -0.2) is 4.79 Å². The zero-order valence-electron chi connectivity index (χ0n) is 23.0. The van der Waals surface area contributed by atoms with Crippen molar-refractivity contribution < 1.29 is 23.9 Å². The highest BCUT2D eigenvalue weighted by molar-refractivity contribution is 6.07. The number of benzene rings is 1. The largest absolute Gasteiger partial charge is 0.444 e. The molecule has 200 valence electrons. The SMILES string of the molecule is CC(OC(C)(C)C)C1CCN(C(=O)c2ccccc2C(=O)N2CCN(C(=O)OC(C)(C)C)CC2)CC1. The van der Waals surface area contributed by atoms with Gasteiger partial charge in [-0.15, -0.1) is 0 Å². The van der Waals surface area contributed by atoms with Crippen LogP contribution in [0.1, 0.15) is 82.0 Å². The molecule has 1 atom stereocenters. The van der Waals surface area contributed by atoms with Gasteiger partial charge in [0, 0.05) is 39.3 Å². The molecule has 8 heteroatoms. The van der Waals surface area contributed by atoms with E-state index in [9.17, 15) is 14.4 Å². The number of carbonyl (C=O) groups is 3. The molecule has 0 radical (unpaired) electrons. The monoisotopic (exact) mass is 501 g/mol. The fourth-order valence-corrected chi connectivity index (χ4v) is 4.84. The average molecular weight is 502 g/mol. The molecule has 0 saturated carbocycles. The lowest BCUT2D eigenvalue weighted by molar-refractivity contribution is -0.0843. The van der Waals surface area contributed by atoms with Gasteiger partial charge in [0.25, 0.3) is 11.8 Å². The quantitative estimate of drug-likeness (QED) is 0.610. The number of ether oxygens (including phenoxy) is 2. The molecule has 0 aliphatic carbocycles. The van der Waals surface area contributed by atoms with Gasteiger partial charge in [0.1, 0.15) is 5.60 Å². The second-order valence-corrected chi connectivity index (χ2v) is 11.9. The zero-order chi connectivity index (χ0) is 26.7. The fraction of sp³-hybridized carbons (Fsp3) is 0.679. The molecule has 2 saturated heterocycles. The van der Waals surface area contributed by atoms with Gasteiger partial charge in [-0.2, -0.15) is 0 Å². The van der Waals surface area contributed by atoms with E-state index in [0.717, 1.165) is 12.8 Å². The molecule has 3 rings (SSSR count). The lowest BCUT2D eigenvalue weighted by atomic mass is 9.91. The van der Waals surface area contributed by atoms with Crippen molar-refractivity contribution in [1.29, 1.82) is 0 Å². The van der Waals surface area contributed by atoms with Crippen LogP contribution in [-0.4, -0.2) is 89.2 Å². The Labute approximate surface area is 215 Å². The number of likely N-dealkylation sites (tertiary alicyclic amines) is 1. The Kier molecular flexibility index (Phi) is 8.70. The number of piperidine rings is 1. The molecule has 0 spiro atoms. The molecule has 2 aliphatic rings. The predicted octanol–water partition coefficient (Wildman–Crippen LogP) is 4.44. The molecular formula is C28H43N3O5. The Morgan fingerprint density at radius 2 is 1.19 bits per heavy atom. The molecule has 1 unspecified atom stereocenters. The molecule has 2 heterocycles. The molecule has 2 aliphatic heterocycles. The first-order valence-electron chi connectivity index (χ1n) is 13.1. The van der Waals surface area contributed by atoms with E-state index in [2.05, 4.69) is 27.7 Å². The first kappa shape index (κ1) is 28.0. The Balaban J connectivity index is 1.60. The topological polar surface area (TPSA) is 79.4 Å². The van der Waals surface area contributed by atoms with Crippen molar-refractivity contribution in [1.82, 2.24) is 14.7 Å². The molecule has 0 N–H and O–H groups in total. The minimum atomic E-state index is -0.560. The van der Waals surface area contributed by atoms with E-state index in [1.54, 1.807) is 34.1 Å². The zero-order valence-corrected chi connectivity index (χ0v) is 23.0. The van der Waals surface area contributed by atoms with Crippen molar-refractivity contribution in [2.24, 2.45) is 5.92 Å². The molecule has 3 amide bonds. The van der Waals surface area contributed by atoms with Gasteiger partial charge < -0.3 is 24.2 Å². The summed E-state index contributed by atoms with van der Waals surface area (Å²) in [6, 6.07) is 7.06. The first-order valence-corrected chi connectivity index (χ1v) is 13.1. The summed E-state index contributed by atoms with van der Waals surface area (Å²) in [5.74, 6) is 0.130. The summed E-state index contributed by atoms with van der Waals surface area (Å²) >= 11 is 0. The van der Waals surface area contributed by atoms with E-state index in [0.29, 0.717) is 56.3 Å². The molecule has 1 aromatic carbocycles. The predicted molar refractivity (Wildman–Crippen MR) is 139 cm³/mol. The van der Waals surface area contributed by atoms with E-state index in [4.69, 9.17) is 9.47 Å². The van der Waals surface area contributed by atoms with Gasteiger partial charge in [0.15, 0.2) is 0 Å². The number of hydrogen-bond donors (Lipinski definition) is 0. The third-order valence-corrected chi connectivity index (χ3v) is 6.64. The third kappa shape index (κ3) is 7.45. The number of rotatable bonds is 4. The van der Waals surface area contributed by atoms with Gasteiger partial charge in [-0.05, 0) is 79.4 Å². The number of nitrogens with zero attached hydrogens (tertiary/aromatic N) is 3. The maximum Gasteiger partial charge on any atom is 0.410 e. The van der Waals surface area contributed by atoms with Crippen molar-refractivity contribution in [2.75, 3.05) is 39.3 Å². The van der Waals surface area contributed by atoms with Crippen LogP contribution in [-0.2, 0) is 9.47 Å². The molecular weight excluding hydrogens is 458 g/mol. The number of hydrogen-bond acceptors (Lipinski definition) is 5. The van der Waals surface area contributed by atoms with Gasteiger partial charge in [-0.3, -0.25) is 9.59 Å². The van der Waals surface area contributed by atoms with Crippen molar-refractivity contribution >= 4 is 17.9 Å². The summed E-state index contributed by atoms with van der Waals surface area (Å²) in [6.07, 6.45) is 1.53. The highest BCUT2D eigenvalue weighted by atomic mass is 16.6. The second-order valence-electron chi connectivity index (χ2n) is 11.9. The van der Waals surface area contributed by atoms with Gasteiger partial charge in [0.05, 0.1) is 22.8 Å². The van der Waals surface area contributed by atoms with E-state index in [1.807, 2.05) is 25.7 Å². The standard InChI is InChI=1S/C28H43N3O5/c1-20(35-27(2,3)4)21-12-14-29(15-13-21)24(32)22-10-8-9-11-23(22)25(33)30-16-18-31(19-17-30)26(34)36-28(5,6)7/h8-11,20-21H,12-19H2,1-7H3. The molecule has 8 nitrogen and oxygen atoms in total. The molecule has 0 aromatic heterocycles. The Hall–Kier alpha value is -2.61. The summed E-state index contributed by atoms with van der Waals surface area (Å²) in [6.45, 7) is 16.7. The highest BCUT2D eigenvalue weighted by Gasteiger charge is 2.33. The minimum Gasteiger partial charge on any atom is -0.444 e. The smallest absolute Gasteiger partial charge is 0.410 e. The minimum absolute atomic E-state index is 0.103. The van der Waals surface area contributed by atoms with E-state index < -0.39 is 5.60 Å². The maximum absolute atomic E-state index is 13.4. The van der Waals surface area contributed by atoms with Gasteiger partial charge in [-0.1, -0.05) is 12.1 Å². The van der Waals surface area contributed by atoms with E-state index in [-0.39, 0.29) is 29.6 Å². The van der Waals surface area contributed by atoms with Crippen LogP contribution in [0.4, 0.5) is 4.79 Å². The normalized spacial score (nSPS) is 18.7. The van der Waals surface area contributed by atoms with Gasteiger partial charge >= 0.3 is 6.09 Å². The van der Waals surface area contributed by atoms with E-state index >= 15 is 0 Å². The van der Waals surface area contributed by atoms with E-state index in [1.165, 1.54) is 0 Å². The van der Waals surface area contributed by atoms with Crippen LogP contribution in [0.25, 0.3) is 0 Å². The van der Waals surface area contributed by atoms with Gasteiger partial charge in [0.2, 0.25) is 0 Å². The lowest BCUT2D eigenvalue weighted by Crippen LogP contribution is -2.52. The maximum atomic E-state index is 13.4. The number of carbonyl (C=O) groups excluding carboxylic acids is 3. The van der Waals surface area contributed by atoms with Crippen molar-refractivity contribution in [3.63, 3.8) is 0 Å². The van der Waals surface area contributed by atoms with Crippen LogP contribution in [0.15, 0.2) is 24.3 Å². The van der Waals surface area contributed by atoms with Crippen molar-refractivity contribution in [3.05, 3.63) is 35.4 Å². The van der Waals surface area contributed by atoms with Crippen LogP contribution in [0.5, 0.6) is 0 Å². The summed E-state index contributed by atoms with van der Waals surface area (Å²) < 4.78 is 11.6. The highest BCUT2D eigenvalue weighted by Crippen LogP contribution is 2.27. The fourth-order valence-electron chi connectivity index (χ4n) is 4.84. The van der Waals surface area contributed by atoms with Crippen LogP contribution >= 0.6 is 0 Å². The average Bonchev–Trinajstić information content (AvgIpc) is 2.81. The Bertz CT molecular complexity index is 933. The van der Waals surface area contributed by atoms with Crippen LogP contribution < -0.4 is 0 Å². The number of piperazine rings is 1.